The molecule has 1 fully saturated rings. The second-order valence-electron chi connectivity index (χ2n) is 4.20. The van der Waals surface area contributed by atoms with Crippen molar-refractivity contribution in [3.63, 3.8) is 0 Å². The molecule has 0 aliphatic carbocycles. The van der Waals surface area contributed by atoms with Crippen LogP contribution in [0.2, 0.25) is 0 Å². The second kappa shape index (κ2) is 5.44. The van der Waals surface area contributed by atoms with Crippen LogP contribution in [0.25, 0.3) is 0 Å². The average Bonchev–Trinajstić information content (AvgIpc) is 2.01. The number of nitrogens with zero attached hydrogens (tertiary/aromatic N) is 1. The Hall–Kier alpha value is -0.440. The molecule has 1 aliphatic rings. The van der Waals surface area contributed by atoms with Crippen LogP contribution in [-0.2, 0) is 0 Å². The standard InChI is InChI=1S/C11H19F2N/c1-9(2)14-7-3-5-10(11(12)13)6-4-8-14/h9H,3-8H2,1-2H3. The molecule has 3 heteroatoms. The number of likely N-dealkylation sites (tertiary alicyclic amines) is 1. The zero-order chi connectivity index (χ0) is 10.6. The van der Waals surface area contributed by atoms with Gasteiger partial charge in [-0.25, -0.2) is 0 Å². The zero-order valence-electron chi connectivity index (χ0n) is 9.02. The van der Waals surface area contributed by atoms with Crippen molar-refractivity contribution >= 4 is 0 Å². The Morgan fingerprint density at radius 2 is 1.64 bits per heavy atom. The molecule has 1 saturated heterocycles. The van der Waals surface area contributed by atoms with Gasteiger partial charge in [-0.2, -0.15) is 8.78 Å². The van der Waals surface area contributed by atoms with Gasteiger partial charge in [-0.1, -0.05) is 0 Å². The maximum Gasteiger partial charge on any atom is 0.269 e. The first-order valence-corrected chi connectivity index (χ1v) is 5.38. The molecule has 1 nitrogen and oxygen atoms in total. The van der Waals surface area contributed by atoms with Gasteiger partial charge in [0.05, 0.1) is 0 Å². The van der Waals surface area contributed by atoms with E-state index >= 15 is 0 Å². The van der Waals surface area contributed by atoms with E-state index in [-0.39, 0.29) is 0 Å². The van der Waals surface area contributed by atoms with Crippen molar-refractivity contribution in [2.24, 2.45) is 0 Å². The normalized spacial score (nSPS) is 20.8. The Morgan fingerprint density at radius 3 is 2.00 bits per heavy atom. The Kier molecular flexibility index (Phi) is 4.52. The van der Waals surface area contributed by atoms with E-state index in [0.717, 1.165) is 25.9 Å². The molecule has 1 aliphatic heterocycles. The molecule has 0 aromatic rings. The fourth-order valence-corrected chi connectivity index (χ4v) is 1.93. The molecule has 0 radical (unpaired) electrons. The monoisotopic (exact) mass is 203 g/mol. The third-order valence-electron chi connectivity index (χ3n) is 2.85. The van der Waals surface area contributed by atoms with Crippen molar-refractivity contribution in [3.05, 3.63) is 11.7 Å². The van der Waals surface area contributed by atoms with Gasteiger partial charge >= 0.3 is 0 Å². The highest BCUT2D eigenvalue weighted by atomic mass is 19.3. The van der Waals surface area contributed by atoms with E-state index in [4.69, 9.17) is 0 Å². The summed E-state index contributed by atoms with van der Waals surface area (Å²) >= 11 is 0. The first-order valence-electron chi connectivity index (χ1n) is 5.38. The summed E-state index contributed by atoms with van der Waals surface area (Å²) in [6.45, 7) is 6.23. The van der Waals surface area contributed by atoms with E-state index in [1.165, 1.54) is 0 Å². The van der Waals surface area contributed by atoms with E-state index in [1.807, 2.05) is 0 Å². The van der Waals surface area contributed by atoms with Crippen LogP contribution in [0, 0.1) is 0 Å². The van der Waals surface area contributed by atoms with Crippen molar-refractivity contribution in [3.8, 4) is 0 Å². The van der Waals surface area contributed by atoms with Gasteiger partial charge in [0.2, 0.25) is 0 Å². The minimum atomic E-state index is -1.44. The van der Waals surface area contributed by atoms with Crippen LogP contribution < -0.4 is 0 Å². The van der Waals surface area contributed by atoms with Crippen LogP contribution in [0.15, 0.2) is 11.7 Å². The topological polar surface area (TPSA) is 3.24 Å². The molecule has 0 spiro atoms. The van der Waals surface area contributed by atoms with Crippen molar-refractivity contribution in [2.75, 3.05) is 13.1 Å². The summed E-state index contributed by atoms with van der Waals surface area (Å²) < 4.78 is 24.7. The number of hydrogen-bond acceptors (Lipinski definition) is 1. The lowest BCUT2D eigenvalue weighted by atomic mass is 10.0. The van der Waals surface area contributed by atoms with Crippen LogP contribution in [0.3, 0.4) is 0 Å². The molecular weight excluding hydrogens is 184 g/mol. The second-order valence-corrected chi connectivity index (χ2v) is 4.20. The van der Waals surface area contributed by atoms with Gasteiger partial charge in [-0.05, 0) is 58.2 Å². The fraction of sp³-hybridized carbons (Fsp3) is 0.818. The molecule has 0 atom stereocenters. The van der Waals surface area contributed by atoms with E-state index in [0.29, 0.717) is 24.5 Å². The first kappa shape index (κ1) is 11.6. The number of hydrogen-bond donors (Lipinski definition) is 0. The molecule has 0 bridgehead atoms. The third-order valence-corrected chi connectivity index (χ3v) is 2.85. The fourth-order valence-electron chi connectivity index (χ4n) is 1.93. The first-order chi connectivity index (χ1) is 6.61. The van der Waals surface area contributed by atoms with Gasteiger partial charge in [0, 0.05) is 6.04 Å². The number of allylic oxidation sites excluding steroid dienone is 1. The Balaban J connectivity index is 2.47. The maximum atomic E-state index is 12.4. The molecule has 1 rings (SSSR count). The number of halogens is 2. The lowest BCUT2D eigenvalue weighted by Crippen LogP contribution is -2.33. The minimum Gasteiger partial charge on any atom is -0.301 e. The predicted octanol–water partition coefficient (Wildman–Crippen LogP) is 3.42. The third kappa shape index (κ3) is 3.37. The molecule has 0 unspecified atom stereocenters. The highest BCUT2D eigenvalue weighted by Crippen LogP contribution is 2.22. The molecular formula is C11H19F2N. The van der Waals surface area contributed by atoms with Gasteiger partial charge < -0.3 is 4.90 Å². The summed E-state index contributed by atoms with van der Waals surface area (Å²) in [6, 6.07) is 0.538. The van der Waals surface area contributed by atoms with Crippen LogP contribution in [0.1, 0.15) is 39.5 Å². The zero-order valence-corrected chi connectivity index (χ0v) is 9.02. The Labute approximate surface area is 84.8 Å². The summed E-state index contributed by atoms with van der Waals surface area (Å²) in [5, 5.41) is 0. The largest absolute Gasteiger partial charge is 0.301 e. The van der Waals surface area contributed by atoms with Gasteiger partial charge in [-0.15, -0.1) is 0 Å². The molecule has 0 aromatic carbocycles. The summed E-state index contributed by atoms with van der Waals surface area (Å²) in [7, 11) is 0. The lowest BCUT2D eigenvalue weighted by Gasteiger charge is -2.28. The van der Waals surface area contributed by atoms with Crippen molar-refractivity contribution in [1.82, 2.24) is 4.90 Å². The van der Waals surface area contributed by atoms with Crippen molar-refractivity contribution in [1.29, 1.82) is 0 Å². The lowest BCUT2D eigenvalue weighted by molar-refractivity contribution is 0.208. The molecule has 0 saturated carbocycles. The highest BCUT2D eigenvalue weighted by Gasteiger charge is 2.15. The summed E-state index contributed by atoms with van der Waals surface area (Å²) in [6.07, 6.45) is 1.44. The highest BCUT2D eigenvalue weighted by molar-refractivity contribution is 5.03. The van der Waals surface area contributed by atoms with Crippen LogP contribution in [0.4, 0.5) is 8.78 Å². The van der Waals surface area contributed by atoms with E-state index in [9.17, 15) is 8.78 Å². The van der Waals surface area contributed by atoms with Crippen LogP contribution >= 0.6 is 0 Å². The molecule has 0 aromatic heterocycles. The maximum absolute atomic E-state index is 12.4. The van der Waals surface area contributed by atoms with Crippen LogP contribution in [-0.4, -0.2) is 24.0 Å². The molecule has 0 N–H and O–H groups in total. The van der Waals surface area contributed by atoms with Gasteiger partial charge in [0.15, 0.2) is 0 Å². The summed E-state index contributed by atoms with van der Waals surface area (Å²) in [4.78, 5) is 2.37. The Bertz CT molecular complexity index is 195. The average molecular weight is 203 g/mol. The van der Waals surface area contributed by atoms with E-state index in [2.05, 4.69) is 18.7 Å². The Morgan fingerprint density at radius 1 is 1.14 bits per heavy atom. The van der Waals surface area contributed by atoms with Gasteiger partial charge in [0.1, 0.15) is 0 Å². The quantitative estimate of drug-likeness (QED) is 0.631. The van der Waals surface area contributed by atoms with Gasteiger partial charge in [-0.3, -0.25) is 0 Å². The van der Waals surface area contributed by atoms with Crippen LogP contribution in [0.5, 0.6) is 0 Å². The molecule has 14 heavy (non-hydrogen) atoms. The van der Waals surface area contributed by atoms with Gasteiger partial charge in [0.25, 0.3) is 6.08 Å². The number of rotatable bonds is 1. The van der Waals surface area contributed by atoms with Crippen molar-refractivity contribution in [2.45, 2.75) is 45.6 Å². The molecule has 0 amide bonds. The van der Waals surface area contributed by atoms with Crippen molar-refractivity contribution < 1.29 is 8.78 Å². The smallest absolute Gasteiger partial charge is 0.269 e. The SMILES string of the molecule is CC(C)N1CCCC(=C(F)F)CCC1. The molecule has 82 valence electrons. The minimum absolute atomic E-state index is 0.383. The predicted molar refractivity (Wildman–Crippen MR) is 54.4 cm³/mol. The summed E-state index contributed by atoms with van der Waals surface area (Å²) in [5.74, 6) is 0. The molecule has 1 heterocycles. The van der Waals surface area contributed by atoms with E-state index < -0.39 is 6.08 Å². The van der Waals surface area contributed by atoms with E-state index in [1.54, 1.807) is 0 Å². The summed E-state index contributed by atoms with van der Waals surface area (Å²) in [5.41, 5.74) is 0.383.